The van der Waals surface area contributed by atoms with Crippen molar-refractivity contribution in [3.05, 3.63) is 60.4 Å². The summed E-state index contributed by atoms with van der Waals surface area (Å²) in [5.41, 5.74) is 2.69. The highest BCUT2D eigenvalue weighted by Gasteiger charge is 2.10. The fourth-order valence-corrected chi connectivity index (χ4v) is 2.01. The van der Waals surface area contributed by atoms with Gasteiger partial charge in [-0.1, -0.05) is 30.3 Å². The van der Waals surface area contributed by atoms with E-state index in [9.17, 15) is 0 Å². The van der Waals surface area contributed by atoms with E-state index in [1.165, 1.54) is 11.1 Å². The number of hydrogen-bond acceptors (Lipinski definition) is 2. The van der Waals surface area contributed by atoms with Crippen molar-refractivity contribution >= 4 is 0 Å². The van der Waals surface area contributed by atoms with Gasteiger partial charge < -0.3 is 9.80 Å². The van der Waals surface area contributed by atoms with E-state index in [1.54, 1.807) is 0 Å². The molecule has 0 bridgehead atoms. The Morgan fingerprint density at radius 1 is 1.12 bits per heavy atom. The SMILES string of the molecule is C=CCc1ccc(CN2C=CN(CC)C2)cc1. The summed E-state index contributed by atoms with van der Waals surface area (Å²) in [7, 11) is 0. The van der Waals surface area contributed by atoms with E-state index < -0.39 is 0 Å². The summed E-state index contributed by atoms with van der Waals surface area (Å²) in [5, 5.41) is 0. The van der Waals surface area contributed by atoms with Crippen molar-refractivity contribution in [2.45, 2.75) is 19.9 Å². The van der Waals surface area contributed by atoms with Crippen molar-refractivity contribution in [2.24, 2.45) is 0 Å². The van der Waals surface area contributed by atoms with Gasteiger partial charge in [0.2, 0.25) is 0 Å². The largest absolute Gasteiger partial charge is 0.359 e. The molecular formula is C15H20N2. The zero-order chi connectivity index (χ0) is 12.1. The molecule has 0 aromatic heterocycles. The Bertz CT molecular complexity index is 392. The van der Waals surface area contributed by atoms with Gasteiger partial charge in [-0.25, -0.2) is 0 Å². The first kappa shape index (κ1) is 11.8. The summed E-state index contributed by atoms with van der Waals surface area (Å²) < 4.78 is 0. The highest BCUT2D eigenvalue weighted by Crippen LogP contribution is 2.12. The van der Waals surface area contributed by atoms with Crippen LogP contribution in [0.5, 0.6) is 0 Å². The van der Waals surface area contributed by atoms with Crippen molar-refractivity contribution in [1.82, 2.24) is 9.80 Å². The van der Waals surface area contributed by atoms with Gasteiger partial charge in [0.15, 0.2) is 0 Å². The summed E-state index contributed by atoms with van der Waals surface area (Å²) in [4.78, 5) is 4.62. The number of nitrogens with zero attached hydrogens (tertiary/aromatic N) is 2. The van der Waals surface area contributed by atoms with Crippen LogP contribution in [-0.2, 0) is 13.0 Å². The maximum atomic E-state index is 3.76. The summed E-state index contributed by atoms with van der Waals surface area (Å²) in [6.07, 6.45) is 7.22. The Kier molecular flexibility index (Phi) is 3.86. The second-order valence-electron chi connectivity index (χ2n) is 4.40. The fraction of sp³-hybridized carbons (Fsp3) is 0.333. The molecule has 0 saturated heterocycles. The molecule has 2 rings (SSSR count). The monoisotopic (exact) mass is 228 g/mol. The number of allylic oxidation sites excluding steroid dienone is 1. The first-order valence-electron chi connectivity index (χ1n) is 6.17. The molecule has 0 N–H and O–H groups in total. The third-order valence-electron chi connectivity index (χ3n) is 3.05. The quantitative estimate of drug-likeness (QED) is 0.715. The van der Waals surface area contributed by atoms with E-state index >= 15 is 0 Å². The van der Waals surface area contributed by atoms with E-state index in [0.29, 0.717) is 0 Å². The number of rotatable bonds is 5. The van der Waals surface area contributed by atoms with E-state index in [2.05, 4.69) is 60.0 Å². The van der Waals surface area contributed by atoms with Gasteiger partial charge in [-0.05, 0) is 24.5 Å². The Labute approximate surface area is 104 Å². The molecular weight excluding hydrogens is 208 g/mol. The summed E-state index contributed by atoms with van der Waals surface area (Å²) in [6, 6.07) is 8.80. The fourth-order valence-electron chi connectivity index (χ4n) is 2.01. The minimum Gasteiger partial charge on any atom is -0.359 e. The van der Waals surface area contributed by atoms with Crippen LogP contribution in [0.25, 0.3) is 0 Å². The van der Waals surface area contributed by atoms with Gasteiger partial charge in [-0.3, -0.25) is 0 Å². The van der Waals surface area contributed by atoms with Crippen molar-refractivity contribution in [3.63, 3.8) is 0 Å². The van der Waals surface area contributed by atoms with Crippen LogP contribution in [0.4, 0.5) is 0 Å². The molecule has 0 saturated carbocycles. The van der Waals surface area contributed by atoms with E-state index in [1.807, 2.05) is 6.08 Å². The molecule has 1 aliphatic heterocycles. The minimum atomic E-state index is 0.952. The minimum absolute atomic E-state index is 0.952. The van der Waals surface area contributed by atoms with Crippen LogP contribution >= 0.6 is 0 Å². The second-order valence-corrected chi connectivity index (χ2v) is 4.40. The molecule has 2 nitrogen and oxygen atoms in total. The van der Waals surface area contributed by atoms with E-state index in [-0.39, 0.29) is 0 Å². The number of hydrogen-bond donors (Lipinski definition) is 0. The maximum Gasteiger partial charge on any atom is 0.0897 e. The lowest BCUT2D eigenvalue weighted by Gasteiger charge is -2.20. The predicted molar refractivity (Wildman–Crippen MR) is 72.3 cm³/mol. The molecule has 0 fully saturated rings. The van der Waals surface area contributed by atoms with Crippen LogP contribution in [0.15, 0.2) is 49.3 Å². The topological polar surface area (TPSA) is 6.48 Å². The highest BCUT2D eigenvalue weighted by molar-refractivity contribution is 5.24. The van der Waals surface area contributed by atoms with Crippen LogP contribution in [0.1, 0.15) is 18.1 Å². The van der Waals surface area contributed by atoms with Crippen molar-refractivity contribution < 1.29 is 0 Å². The summed E-state index contributed by atoms with van der Waals surface area (Å²) in [6.45, 7) is 9.00. The normalized spacial score (nSPS) is 14.4. The molecule has 1 aromatic carbocycles. The Morgan fingerprint density at radius 3 is 2.35 bits per heavy atom. The molecule has 0 spiro atoms. The van der Waals surface area contributed by atoms with Crippen LogP contribution < -0.4 is 0 Å². The third kappa shape index (κ3) is 3.13. The maximum absolute atomic E-state index is 3.76. The van der Waals surface area contributed by atoms with Crippen LogP contribution in [-0.4, -0.2) is 23.0 Å². The third-order valence-corrected chi connectivity index (χ3v) is 3.05. The molecule has 1 aromatic rings. The molecule has 0 amide bonds. The molecule has 0 atom stereocenters. The van der Waals surface area contributed by atoms with Crippen molar-refractivity contribution in [1.29, 1.82) is 0 Å². The molecule has 1 aliphatic rings. The van der Waals surface area contributed by atoms with Gasteiger partial charge in [0.25, 0.3) is 0 Å². The van der Waals surface area contributed by atoms with Crippen LogP contribution in [0.2, 0.25) is 0 Å². The molecule has 2 heteroatoms. The highest BCUT2D eigenvalue weighted by atomic mass is 15.3. The molecule has 0 unspecified atom stereocenters. The van der Waals surface area contributed by atoms with Crippen molar-refractivity contribution in [2.75, 3.05) is 13.2 Å². The molecule has 0 aliphatic carbocycles. The van der Waals surface area contributed by atoms with Gasteiger partial charge in [-0.15, -0.1) is 6.58 Å². The smallest absolute Gasteiger partial charge is 0.0897 e. The first-order chi connectivity index (χ1) is 8.31. The zero-order valence-electron chi connectivity index (χ0n) is 10.5. The second kappa shape index (κ2) is 5.58. The summed E-state index contributed by atoms with van der Waals surface area (Å²) in [5.74, 6) is 0. The summed E-state index contributed by atoms with van der Waals surface area (Å²) >= 11 is 0. The molecule has 17 heavy (non-hydrogen) atoms. The lowest BCUT2D eigenvalue weighted by atomic mass is 10.1. The standard InChI is InChI=1S/C15H20N2/c1-3-5-14-6-8-15(9-7-14)12-17-11-10-16(4-2)13-17/h3,6-11H,1,4-5,12-13H2,2H3. The zero-order valence-corrected chi connectivity index (χ0v) is 10.5. The Balaban J connectivity index is 1.91. The van der Waals surface area contributed by atoms with Gasteiger partial charge >= 0.3 is 0 Å². The van der Waals surface area contributed by atoms with Gasteiger partial charge in [-0.2, -0.15) is 0 Å². The van der Waals surface area contributed by atoms with Gasteiger partial charge in [0, 0.05) is 25.5 Å². The average Bonchev–Trinajstić information content (AvgIpc) is 2.80. The lowest BCUT2D eigenvalue weighted by Crippen LogP contribution is -2.24. The van der Waals surface area contributed by atoms with Crippen LogP contribution in [0.3, 0.4) is 0 Å². The van der Waals surface area contributed by atoms with Gasteiger partial charge in [0.1, 0.15) is 0 Å². The van der Waals surface area contributed by atoms with Crippen LogP contribution in [0, 0.1) is 0 Å². The lowest BCUT2D eigenvalue weighted by molar-refractivity contribution is 0.268. The number of benzene rings is 1. The van der Waals surface area contributed by atoms with E-state index in [0.717, 1.165) is 26.2 Å². The Morgan fingerprint density at radius 2 is 1.76 bits per heavy atom. The molecule has 0 radical (unpaired) electrons. The predicted octanol–water partition coefficient (Wildman–Crippen LogP) is 2.98. The van der Waals surface area contributed by atoms with Crippen molar-refractivity contribution in [3.8, 4) is 0 Å². The van der Waals surface area contributed by atoms with E-state index in [4.69, 9.17) is 0 Å². The average molecular weight is 228 g/mol. The Hall–Kier alpha value is -1.70. The van der Waals surface area contributed by atoms with Gasteiger partial charge in [0.05, 0.1) is 6.67 Å². The first-order valence-corrected chi connectivity index (χ1v) is 6.17. The molecule has 90 valence electrons. The molecule has 1 heterocycles.